The molecule has 0 bridgehead atoms. The van der Waals surface area contributed by atoms with Crippen LogP contribution in [-0.2, 0) is 13.6 Å². The number of aliphatic imine (C=N–C) groups is 1. The van der Waals surface area contributed by atoms with Gasteiger partial charge in [-0.25, -0.2) is 4.98 Å². The van der Waals surface area contributed by atoms with Gasteiger partial charge in [0.2, 0.25) is 0 Å². The maximum Gasteiger partial charge on any atom is 0.194 e. The van der Waals surface area contributed by atoms with E-state index in [0.29, 0.717) is 18.4 Å². The van der Waals surface area contributed by atoms with E-state index in [1.165, 1.54) is 12.0 Å². The molecule has 1 saturated heterocycles. The van der Waals surface area contributed by atoms with E-state index in [1.807, 2.05) is 14.1 Å². The lowest BCUT2D eigenvalue weighted by Gasteiger charge is -2.40. The van der Waals surface area contributed by atoms with Crippen LogP contribution < -0.4 is 5.32 Å². The second-order valence-corrected chi connectivity index (χ2v) is 6.62. The minimum absolute atomic E-state index is 0.637. The fourth-order valence-electron chi connectivity index (χ4n) is 3.75. The molecule has 1 aromatic carbocycles. The molecule has 25 heavy (non-hydrogen) atoms. The summed E-state index contributed by atoms with van der Waals surface area (Å²) in [6, 6.07) is 10.9. The number of nitrogens with zero attached hydrogens (tertiary/aromatic N) is 5. The van der Waals surface area contributed by atoms with E-state index in [4.69, 9.17) is 0 Å². The summed E-state index contributed by atoms with van der Waals surface area (Å²) in [5.74, 6) is 3.14. The van der Waals surface area contributed by atoms with Gasteiger partial charge in [0.15, 0.2) is 5.96 Å². The number of guanidine groups is 1. The predicted molar refractivity (Wildman–Crippen MR) is 100 cm³/mol. The van der Waals surface area contributed by atoms with Crippen molar-refractivity contribution in [3.05, 3.63) is 48.0 Å². The number of aromatic nitrogens is 3. The molecule has 1 N–H and O–H groups in total. The summed E-state index contributed by atoms with van der Waals surface area (Å²) in [6.07, 6.45) is 3.92. The minimum Gasteiger partial charge on any atom is -0.349 e. The third-order valence-corrected chi connectivity index (χ3v) is 5.21. The number of likely N-dealkylation sites (tertiary alicyclic amines) is 1. The molecule has 2 heterocycles. The molecular formula is C19H28N6. The van der Waals surface area contributed by atoms with Crippen molar-refractivity contribution in [2.75, 3.05) is 20.1 Å². The number of rotatable bonds is 4. The summed E-state index contributed by atoms with van der Waals surface area (Å²) >= 11 is 0. The standard InChI is InChI=1S/C19H28N6/c1-4-15-13-25(11-10-17(15)16-8-6-5-7-9-16)19(20-2)21-12-18-22-14-23-24(18)3/h5-9,14-15,17H,4,10-13H2,1-3H3,(H,20,21). The summed E-state index contributed by atoms with van der Waals surface area (Å²) in [5.41, 5.74) is 1.47. The molecule has 6 nitrogen and oxygen atoms in total. The van der Waals surface area contributed by atoms with Gasteiger partial charge in [-0.05, 0) is 23.8 Å². The molecule has 0 radical (unpaired) electrons. The summed E-state index contributed by atoms with van der Waals surface area (Å²) < 4.78 is 1.79. The van der Waals surface area contributed by atoms with E-state index >= 15 is 0 Å². The van der Waals surface area contributed by atoms with Gasteiger partial charge < -0.3 is 10.2 Å². The fraction of sp³-hybridized carbons (Fsp3) is 0.526. The molecule has 2 aromatic rings. The summed E-state index contributed by atoms with van der Waals surface area (Å²) in [5, 5.41) is 7.55. The molecule has 3 rings (SSSR count). The average Bonchev–Trinajstić information content (AvgIpc) is 3.07. The number of benzene rings is 1. The quantitative estimate of drug-likeness (QED) is 0.686. The van der Waals surface area contributed by atoms with Crippen LogP contribution in [0.5, 0.6) is 0 Å². The van der Waals surface area contributed by atoms with E-state index < -0.39 is 0 Å². The Morgan fingerprint density at radius 1 is 1.32 bits per heavy atom. The molecule has 2 unspecified atom stereocenters. The molecule has 0 saturated carbocycles. The Balaban J connectivity index is 1.64. The van der Waals surface area contributed by atoms with Crippen molar-refractivity contribution in [2.45, 2.75) is 32.2 Å². The Morgan fingerprint density at radius 2 is 2.12 bits per heavy atom. The second-order valence-electron chi connectivity index (χ2n) is 6.62. The lowest BCUT2D eigenvalue weighted by atomic mass is 9.79. The van der Waals surface area contributed by atoms with E-state index in [0.717, 1.165) is 31.3 Å². The van der Waals surface area contributed by atoms with Gasteiger partial charge in [-0.1, -0.05) is 43.7 Å². The van der Waals surface area contributed by atoms with Crippen molar-refractivity contribution >= 4 is 5.96 Å². The van der Waals surface area contributed by atoms with E-state index in [1.54, 1.807) is 11.0 Å². The Bertz CT molecular complexity index is 693. The van der Waals surface area contributed by atoms with E-state index in [-0.39, 0.29) is 0 Å². The highest BCUT2D eigenvalue weighted by atomic mass is 15.3. The first kappa shape index (κ1) is 17.5. The Labute approximate surface area is 150 Å². The Morgan fingerprint density at radius 3 is 2.76 bits per heavy atom. The molecule has 2 atom stereocenters. The third kappa shape index (κ3) is 4.00. The highest BCUT2D eigenvalue weighted by Gasteiger charge is 2.30. The molecule has 134 valence electrons. The highest BCUT2D eigenvalue weighted by molar-refractivity contribution is 5.79. The predicted octanol–water partition coefficient (Wildman–Crippen LogP) is 2.41. The zero-order valence-corrected chi connectivity index (χ0v) is 15.4. The molecule has 0 spiro atoms. The smallest absolute Gasteiger partial charge is 0.194 e. The topological polar surface area (TPSA) is 58.3 Å². The van der Waals surface area contributed by atoms with Gasteiger partial charge in [-0.3, -0.25) is 9.67 Å². The van der Waals surface area contributed by atoms with Crippen LogP contribution in [0.1, 0.15) is 37.1 Å². The molecule has 1 fully saturated rings. The van der Waals surface area contributed by atoms with Crippen molar-refractivity contribution in [3.63, 3.8) is 0 Å². The second kappa shape index (κ2) is 8.14. The Kier molecular flexibility index (Phi) is 5.68. The van der Waals surface area contributed by atoms with E-state index in [2.05, 4.69) is 62.5 Å². The zero-order valence-electron chi connectivity index (χ0n) is 15.4. The number of nitrogens with one attached hydrogen (secondary N) is 1. The molecule has 1 aromatic heterocycles. The number of aryl methyl sites for hydroxylation is 1. The van der Waals surface area contributed by atoms with Gasteiger partial charge in [0.1, 0.15) is 12.2 Å². The SMILES string of the molecule is CCC1CN(C(=NC)NCc2ncnn2C)CCC1c1ccccc1. The lowest BCUT2D eigenvalue weighted by molar-refractivity contribution is 0.215. The van der Waals surface area contributed by atoms with Gasteiger partial charge in [0, 0.05) is 27.2 Å². The molecule has 1 aliphatic heterocycles. The summed E-state index contributed by atoms with van der Waals surface area (Å²) in [7, 11) is 3.76. The monoisotopic (exact) mass is 340 g/mol. The number of hydrogen-bond acceptors (Lipinski definition) is 3. The highest BCUT2D eigenvalue weighted by Crippen LogP contribution is 2.34. The van der Waals surface area contributed by atoms with Gasteiger partial charge in [-0.2, -0.15) is 5.10 Å². The maximum atomic E-state index is 4.48. The number of piperidine rings is 1. The minimum atomic E-state index is 0.637. The number of hydrogen-bond donors (Lipinski definition) is 1. The average molecular weight is 340 g/mol. The normalized spacial score (nSPS) is 21.4. The molecule has 6 heteroatoms. The van der Waals surface area contributed by atoms with Crippen molar-refractivity contribution in [1.82, 2.24) is 25.0 Å². The van der Waals surface area contributed by atoms with Crippen molar-refractivity contribution < 1.29 is 0 Å². The van der Waals surface area contributed by atoms with Crippen LogP contribution in [0.4, 0.5) is 0 Å². The first-order valence-electron chi connectivity index (χ1n) is 9.06. The van der Waals surface area contributed by atoms with E-state index in [9.17, 15) is 0 Å². The third-order valence-electron chi connectivity index (χ3n) is 5.21. The van der Waals surface area contributed by atoms with Gasteiger partial charge in [-0.15, -0.1) is 0 Å². The van der Waals surface area contributed by atoms with Crippen molar-refractivity contribution in [3.8, 4) is 0 Å². The van der Waals surface area contributed by atoms with Crippen LogP contribution >= 0.6 is 0 Å². The van der Waals surface area contributed by atoms with Crippen LogP contribution in [0.15, 0.2) is 41.7 Å². The summed E-state index contributed by atoms with van der Waals surface area (Å²) in [4.78, 5) is 11.1. The van der Waals surface area contributed by atoms with Crippen molar-refractivity contribution in [2.24, 2.45) is 18.0 Å². The van der Waals surface area contributed by atoms with Gasteiger partial charge >= 0.3 is 0 Å². The van der Waals surface area contributed by atoms with Crippen LogP contribution in [0.2, 0.25) is 0 Å². The first-order valence-corrected chi connectivity index (χ1v) is 9.06. The molecule has 1 aliphatic rings. The van der Waals surface area contributed by atoms with Crippen molar-refractivity contribution in [1.29, 1.82) is 0 Å². The van der Waals surface area contributed by atoms with Crippen LogP contribution in [0, 0.1) is 5.92 Å². The lowest BCUT2D eigenvalue weighted by Crippen LogP contribution is -2.48. The zero-order chi connectivity index (χ0) is 17.6. The Hall–Kier alpha value is -2.37. The van der Waals surface area contributed by atoms with Crippen LogP contribution in [0.3, 0.4) is 0 Å². The fourth-order valence-corrected chi connectivity index (χ4v) is 3.75. The van der Waals surface area contributed by atoms with Crippen LogP contribution in [0.25, 0.3) is 0 Å². The molecular weight excluding hydrogens is 312 g/mol. The maximum absolute atomic E-state index is 4.48. The first-order chi connectivity index (χ1) is 12.2. The molecule has 0 amide bonds. The largest absolute Gasteiger partial charge is 0.349 e. The van der Waals surface area contributed by atoms with Crippen LogP contribution in [-0.4, -0.2) is 45.8 Å². The van der Waals surface area contributed by atoms with Gasteiger partial charge in [0.05, 0.1) is 6.54 Å². The molecule has 0 aliphatic carbocycles. The summed E-state index contributed by atoms with van der Waals surface area (Å²) in [6.45, 7) is 4.99. The van der Waals surface area contributed by atoms with Gasteiger partial charge in [0.25, 0.3) is 0 Å².